The highest BCUT2D eigenvalue weighted by atomic mass is 16.2. The maximum absolute atomic E-state index is 13.3. The highest BCUT2D eigenvalue weighted by molar-refractivity contribution is 5.88. The molecular weight excluding hydrogens is 372 g/mol. The molecule has 0 aromatic heterocycles. The summed E-state index contributed by atoms with van der Waals surface area (Å²) in [5.74, 6) is -0.0724. The van der Waals surface area contributed by atoms with Crippen molar-refractivity contribution in [3.63, 3.8) is 0 Å². The van der Waals surface area contributed by atoms with E-state index >= 15 is 0 Å². The third kappa shape index (κ3) is 5.71. The first-order chi connectivity index (χ1) is 14.3. The Balaban J connectivity index is 1.78. The Morgan fingerprint density at radius 2 is 1.73 bits per heavy atom. The van der Waals surface area contributed by atoms with Crippen LogP contribution in [-0.4, -0.2) is 28.8 Å². The molecule has 4 heteroatoms. The molecule has 1 N–H and O–H groups in total. The summed E-state index contributed by atoms with van der Waals surface area (Å²) in [6, 6.07) is 14.0. The van der Waals surface area contributed by atoms with Crippen molar-refractivity contribution in [1.82, 2.24) is 10.2 Å². The second-order valence-electron chi connectivity index (χ2n) is 8.77. The molecule has 1 atom stereocenters. The van der Waals surface area contributed by atoms with Crippen molar-refractivity contribution in [1.29, 1.82) is 0 Å². The molecule has 0 spiro atoms. The summed E-state index contributed by atoms with van der Waals surface area (Å²) in [5.41, 5.74) is 5.58. The number of carbonyl (C=O) groups is 2. The van der Waals surface area contributed by atoms with Crippen LogP contribution in [0.25, 0.3) is 0 Å². The van der Waals surface area contributed by atoms with Gasteiger partial charge in [-0.25, -0.2) is 0 Å². The first-order valence-corrected chi connectivity index (χ1v) is 11.0. The van der Waals surface area contributed by atoms with Crippen LogP contribution in [0, 0.1) is 20.8 Å². The van der Waals surface area contributed by atoms with Gasteiger partial charge in [0.05, 0.1) is 6.42 Å². The van der Waals surface area contributed by atoms with Crippen molar-refractivity contribution in [3.8, 4) is 0 Å². The molecule has 0 bridgehead atoms. The van der Waals surface area contributed by atoms with E-state index in [1.165, 1.54) is 11.1 Å². The standard InChI is InChI=1S/C26H34N2O2/c1-18-8-7-9-23(14-18)17-28(21(4)26(30)27-24-10-5-6-11-24)25(29)16-22-13-12-19(2)20(3)15-22/h7-9,12-15,21,24H,5-6,10-11,16-17H2,1-4H3,(H,27,30)/t21-/m1/s1. The van der Waals surface area contributed by atoms with Gasteiger partial charge in [0.2, 0.25) is 11.8 Å². The van der Waals surface area contributed by atoms with Gasteiger partial charge in [0.1, 0.15) is 6.04 Å². The van der Waals surface area contributed by atoms with E-state index in [1.807, 2.05) is 38.1 Å². The van der Waals surface area contributed by atoms with Crippen LogP contribution in [0.1, 0.15) is 60.4 Å². The fourth-order valence-corrected chi connectivity index (χ4v) is 4.17. The van der Waals surface area contributed by atoms with Gasteiger partial charge in [0.25, 0.3) is 0 Å². The summed E-state index contributed by atoms with van der Waals surface area (Å²) in [6.45, 7) is 8.45. The van der Waals surface area contributed by atoms with Crippen molar-refractivity contribution in [2.75, 3.05) is 0 Å². The summed E-state index contributed by atoms with van der Waals surface area (Å²) in [4.78, 5) is 28.0. The van der Waals surface area contributed by atoms with Gasteiger partial charge < -0.3 is 10.2 Å². The molecule has 1 fully saturated rings. The monoisotopic (exact) mass is 406 g/mol. The number of benzene rings is 2. The zero-order chi connectivity index (χ0) is 21.7. The SMILES string of the molecule is Cc1cccc(CN(C(=O)Cc2ccc(C)c(C)c2)[C@H](C)C(=O)NC2CCCC2)c1. The second kappa shape index (κ2) is 9.92. The fraction of sp³-hybridized carbons (Fsp3) is 0.462. The average molecular weight is 407 g/mol. The third-order valence-corrected chi connectivity index (χ3v) is 6.23. The van der Waals surface area contributed by atoms with Gasteiger partial charge in [-0.3, -0.25) is 9.59 Å². The number of carbonyl (C=O) groups excluding carboxylic acids is 2. The molecule has 4 nitrogen and oxygen atoms in total. The van der Waals surface area contributed by atoms with Gasteiger partial charge in [-0.05, 0) is 62.8 Å². The van der Waals surface area contributed by atoms with E-state index in [1.54, 1.807) is 4.90 Å². The highest BCUT2D eigenvalue weighted by Gasteiger charge is 2.28. The van der Waals surface area contributed by atoms with E-state index < -0.39 is 6.04 Å². The van der Waals surface area contributed by atoms with Crippen molar-refractivity contribution < 1.29 is 9.59 Å². The Labute approximate surface area is 180 Å². The van der Waals surface area contributed by atoms with Crippen LogP contribution in [0.15, 0.2) is 42.5 Å². The second-order valence-corrected chi connectivity index (χ2v) is 8.77. The van der Waals surface area contributed by atoms with Gasteiger partial charge in [-0.2, -0.15) is 0 Å². The molecule has 1 aliphatic rings. The summed E-state index contributed by atoms with van der Waals surface area (Å²) in [7, 11) is 0. The number of nitrogens with one attached hydrogen (secondary N) is 1. The Morgan fingerprint density at radius 3 is 2.40 bits per heavy atom. The van der Waals surface area contributed by atoms with Crippen LogP contribution in [0.2, 0.25) is 0 Å². The van der Waals surface area contributed by atoms with Crippen LogP contribution >= 0.6 is 0 Å². The molecule has 2 aromatic rings. The zero-order valence-electron chi connectivity index (χ0n) is 18.7. The maximum Gasteiger partial charge on any atom is 0.242 e. The quantitative estimate of drug-likeness (QED) is 0.729. The molecule has 0 unspecified atom stereocenters. The number of aryl methyl sites for hydroxylation is 3. The molecule has 1 saturated carbocycles. The van der Waals surface area contributed by atoms with Gasteiger partial charge in [0, 0.05) is 12.6 Å². The third-order valence-electron chi connectivity index (χ3n) is 6.23. The molecule has 0 saturated heterocycles. The summed E-state index contributed by atoms with van der Waals surface area (Å²) in [6.07, 6.45) is 4.70. The number of amides is 2. The first kappa shape index (κ1) is 22.1. The van der Waals surface area contributed by atoms with Crippen LogP contribution in [0.3, 0.4) is 0 Å². The van der Waals surface area contributed by atoms with Crippen LogP contribution in [0.4, 0.5) is 0 Å². The Morgan fingerprint density at radius 1 is 1.00 bits per heavy atom. The number of hydrogen-bond acceptors (Lipinski definition) is 2. The molecule has 30 heavy (non-hydrogen) atoms. The van der Waals surface area contributed by atoms with E-state index in [4.69, 9.17) is 0 Å². The Hall–Kier alpha value is -2.62. The maximum atomic E-state index is 13.3. The fourth-order valence-electron chi connectivity index (χ4n) is 4.17. The van der Waals surface area contributed by atoms with E-state index in [0.29, 0.717) is 13.0 Å². The van der Waals surface area contributed by atoms with Crippen LogP contribution in [0.5, 0.6) is 0 Å². The van der Waals surface area contributed by atoms with Gasteiger partial charge in [-0.15, -0.1) is 0 Å². The first-order valence-electron chi connectivity index (χ1n) is 11.0. The molecule has 0 aliphatic heterocycles. The molecule has 160 valence electrons. The summed E-state index contributed by atoms with van der Waals surface area (Å²) >= 11 is 0. The Kier molecular flexibility index (Phi) is 7.30. The van der Waals surface area contributed by atoms with E-state index in [9.17, 15) is 9.59 Å². The minimum atomic E-state index is -0.509. The lowest BCUT2D eigenvalue weighted by molar-refractivity contribution is -0.140. The average Bonchev–Trinajstić information content (AvgIpc) is 3.21. The Bertz CT molecular complexity index is 900. The zero-order valence-corrected chi connectivity index (χ0v) is 18.7. The van der Waals surface area contributed by atoms with Gasteiger partial charge in [0.15, 0.2) is 0 Å². The van der Waals surface area contributed by atoms with Crippen molar-refractivity contribution in [2.45, 2.75) is 78.4 Å². The topological polar surface area (TPSA) is 49.4 Å². The highest BCUT2D eigenvalue weighted by Crippen LogP contribution is 2.19. The largest absolute Gasteiger partial charge is 0.352 e. The minimum absolute atomic E-state index is 0.0196. The molecule has 2 amide bonds. The van der Waals surface area contributed by atoms with Crippen LogP contribution < -0.4 is 5.32 Å². The van der Waals surface area contributed by atoms with Gasteiger partial charge in [-0.1, -0.05) is 60.9 Å². The summed E-state index contributed by atoms with van der Waals surface area (Å²) in [5, 5.41) is 3.16. The number of hydrogen-bond donors (Lipinski definition) is 1. The molecular formula is C26H34N2O2. The number of nitrogens with zero attached hydrogens (tertiary/aromatic N) is 1. The predicted octanol–water partition coefficient (Wildman–Crippen LogP) is 4.63. The van der Waals surface area contributed by atoms with E-state index in [-0.39, 0.29) is 17.9 Å². The molecule has 0 heterocycles. The van der Waals surface area contributed by atoms with E-state index in [2.05, 4.69) is 37.4 Å². The molecule has 1 aliphatic carbocycles. The molecule has 0 radical (unpaired) electrons. The lowest BCUT2D eigenvalue weighted by atomic mass is 10.0. The van der Waals surface area contributed by atoms with Gasteiger partial charge >= 0.3 is 0 Å². The smallest absolute Gasteiger partial charge is 0.242 e. The van der Waals surface area contributed by atoms with Crippen molar-refractivity contribution in [3.05, 3.63) is 70.3 Å². The normalized spacial score (nSPS) is 15.1. The summed E-state index contributed by atoms with van der Waals surface area (Å²) < 4.78 is 0. The molecule has 2 aromatic carbocycles. The number of rotatable bonds is 7. The van der Waals surface area contributed by atoms with Crippen molar-refractivity contribution >= 4 is 11.8 Å². The lowest BCUT2D eigenvalue weighted by Gasteiger charge is -2.30. The predicted molar refractivity (Wildman–Crippen MR) is 121 cm³/mol. The minimum Gasteiger partial charge on any atom is -0.352 e. The van der Waals surface area contributed by atoms with Crippen molar-refractivity contribution in [2.24, 2.45) is 0 Å². The lowest BCUT2D eigenvalue weighted by Crippen LogP contribution is -2.50. The van der Waals surface area contributed by atoms with Crippen LogP contribution in [-0.2, 0) is 22.6 Å². The van der Waals surface area contributed by atoms with E-state index in [0.717, 1.165) is 42.4 Å². The molecule has 3 rings (SSSR count).